The van der Waals surface area contributed by atoms with Crippen LogP contribution in [0.3, 0.4) is 0 Å². The number of anilines is 1. The van der Waals surface area contributed by atoms with Gasteiger partial charge < -0.3 is 15.4 Å². The minimum atomic E-state index is -0.401. The molecule has 2 aromatic carbocycles. The van der Waals surface area contributed by atoms with Gasteiger partial charge in [0.15, 0.2) is 0 Å². The maximum atomic E-state index is 13.5. The van der Waals surface area contributed by atoms with Crippen molar-refractivity contribution in [3.05, 3.63) is 59.4 Å². The Kier molecular flexibility index (Phi) is 5.78. The predicted octanol–water partition coefficient (Wildman–Crippen LogP) is 4.36. The van der Waals surface area contributed by atoms with Crippen LogP contribution in [-0.4, -0.2) is 24.4 Å². The number of fused-ring (bicyclic) bond motifs is 1. The molecule has 0 aromatic heterocycles. The van der Waals surface area contributed by atoms with Crippen molar-refractivity contribution in [3.8, 4) is 0 Å². The van der Waals surface area contributed by atoms with Crippen molar-refractivity contribution < 1.29 is 18.7 Å². The summed E-state index contributed by atoms with van der Waals surface area (Å²) in [5.74, 6) is 0.146. The van der Waals surface area contributed by atoms with Gasteiger partial charge >= 0.3 is 12.0 Å². The first-order valence-corrected chi connectivity index (χ1v) is 9.32. The number of nitrogens with one attached hydrogen (secondary N) is 2. The first-order chi connectivity index (χ1) is 12.6. The number of esters is 1. The second-order valence-corrected chi connectivity index (χ2v) is 6.90. The number of thioether (sulfide) groups is 1. The van der Waals surface area contributed by atoms with Gasteiger partial charge in [0.25, 0.3) is 0 Å². The van der Waals surface area contributed by atoms with Crippen LogP contribution in [0, 0.1) is 5.82 Å². The lowest BCUT2D eigenvalue weighted by Gasteiger charge is -2.26. The van der Waals surface area contributed by atoms with Crippen molar-refractivity contribution in [2.45, 2.75) is 24.3 Å². The standard InChI is InChI=1S/C19H19FN2O3S/c1-2-25-18(23)12-3-6-14(7-4-12)21-19(24)22-16-9-10-26-17-8-5-13(20)11-15(16)17/h3-8,11,16H,2,9-10H2,1H3,(H2,21,22,24). The van der Waals surface area contributed by atoms with E-state index >= 15 is 0 Å². The SMILES string of the molecule is CCOC(=O)c1ccc(NC(=O)NC2CCSc3ccc(F)cc32)cc1. The van der Waals surface area contributed by atoms with Gasteiger partial charge in [0.2, 0.25) is 0 Å². The third-order valence-corrected chi connectivity index (χ3v) is 5.09. The van der Waals surface area contributed by atoms with Crippen LogP contribution in [0.2, 0.25) is 0 Å². The first-order valence-electron chi connectivity index (χ1n) is 8.33. The number of urea groups is 1. The molecule has 3 rings (SSSR count). The Bertz CT molecular complexity index is 811. The molecule has 0 bridgehead atoms. The van der Waals surface area contributed by atoms with Crippen LogP contribution in [0.1, 0.15) is 35.3 Å². The van der Waals surface area contributed by atoms with Gasteiger partial charge in [0.05, 0.1) is 18.2 Å². The van der Waals surface area contributed by atoms with Crippen molar-refractivity contribution >= 4 is 29.4 Å². The smallest absolute Gasteiger partial charge is 0.338 e. The summed E-state index contributed by atoms with van der Waals surface area (Å²) in [5.41, 5.74) is 1.78. The van der Waals surface area contributed by atoms with Crippen molar-refractivity contribution in [2.24, 2.45) is 0 Å². The molecule has 7 heteroatoms. The van der Waals surface area contributed by atoms with E-state index in [1.165, 1.54) is 12.1 Å². The first kappa shape index (κ1) is 18.3. The molecule has 1 heterocycles. The monoisotopic (exact) mass is 374 g/mol. The minimum Gasteiger partial charge on any atom is -0.462 e. The average molecular weight is 374 g/mol. The highest BCUT2D eigenvalue weighted by atomic mass is 32.2. The van der Waals surface area contributed by atoms with E-state index in [4.69, 9.17) is 4.74 Å². The largest absolute Gasteiger partial charge is 0.462 e. The number of rotatable bonds is 4. The van der Waals surface area contributed by atoms with E-state index in [1.807, 2.05) is 0 Å². The Labute approximate surface area is 155 Å². The van der Waals surface area contributed by atoms with Crippen LogP contribution in [0.4, 0.5) is 14.9 Å². The average Bonchev–Trinajstić information content (AvgIpc) is 2.63. The third-order valence-electron chi connectivity index (χ3n) is 3.97. The molecule has 1 unspecified atom stereocenters. The highest BCUT2D eigenvalue weighted by Crippen LogP contribution is 2.36. The Hall–Kier alpha value is -2.54. The van der Waals surface area contributed by atoms with Gasteiger partial charge in [-0.1, -0.05) is 0 Å². The number of carbonyl (C=O) groups is 2. The molecule has 0 fully saturated rings. The van der Waals surface area contributed by atoms with E-state index in [0.717, 1.165) is 22.6 Å². The Morgan fingerprint density at radius 1 is 1.23 bits per heavy atom. The van der Waals surface area contributed by atoms with Crippen LogP contribution in [0.25, 0.3) is 0 Å². The number of halogens is 1. The van der Waals surface area contributed by atoms with Gasteiger partial charge in [0, 0.05) is 16.3 Å². The lowest BCUT2D eigenvalue weighted by atomic mass is 10.0. The summed E-state index contributed by atoms with van der Waals surface area (Å²) in [6.07, 6.45) is 0.732. The molecule has 136 valence electrons. The number of ether oxygens (including phenoxy) is 1. The van der Waals surface area contributed by atoms with Crippen LogP contribution in [0.5, 0.6) is 0 Å². The van der Waals surface area contributed by atoms with Crippen molar-refractivity contribution in [2.75, 3.05) is 17.7 Å². The molecule has 1 aliphatic heterocycles. The van der Waals surface area contributed by atoms with E-state index < -0.39 is 5.97 Å². The molecule has 2 aromatic rings. The van der Waals surface area contributed by atoms with Gasteiger partial charge in [-0.25, -0.2) is 14.0 Å². The number of hydrogen-bond acceptors (Lipinski definition) is 4. The molecular formula is C19H19FN2O3S. The molecule has 1 atom stereocenters. The highest BCUT2D eigenvalue weighted by molar-refractivity contribution is 7.99. The van der Waals surface area contributed by atoms with Gasteiger partial charge in [0.1, 0.15) is 5.82 Å². The van der Waals surface area contributed by atoms with Crippen molar-refractivity contribution in [1.29, 1.82) is 0 Å². The van der Waals surface area contributed by atoms with Crippen molar-refractivity contribution in [3.63, 3.8) is 0 Å². The number of benzene rings is 2. The third kappa shape index (κ3) is 4.35. The fourth-order valence-electron chi connectivity index (χ4n) is 2.74. The van der Waals surface area contributed by atoms with E-state index in [1.54, 1.807) is 49.0 Å². The molecule has 2 N–H and O–H groups in total. The van der Waals surface area contributed by atoms with E-state index in [2.05, 4.69) is 10.6 Å². The summed E-state index contributed by atoms with van der Waals surface area (Å²) in [4.78, 5) is 24.9. The van der Waals surface area contributed by atoms with E-state index in [9.17, 15) is 14.0 Å². The number of amides is 2. The molecule has 2 amide bonds. The lowest BCUT2D eigenvalue weighted by Crippen LogP contribution is -2.34. The molecular weight excluding hydrogens is 355 g/mol. The maximum absolute atomic E-state index is 13.5. The summed E-state index contributed by atoms with van der Waals surface area (Å²) in [5, 5.41) is 5.62. The summed E-state index contributed by atoms with van der Waals surface area (Å²) in [6, 6.07) is 10.5. The minimum absolute atomic E-state index is 0.235. The molecule has 0 spiro atoms. The predicted molar refractivity (Wildman–Crippen MR) is 99.0 cm³/mol. The topological polar surface area (TPSA) is 67.4 Å². The Balaban J connectivity index is 1.63. The molecule has 1 aliphatic rings. The number of carbonyl (C=O) groups excluding carboxylic acids is 2. The molecule has 0 aliphatic carbocycles. The highest BCUT2D eigenvalue weighted by Gasteiger charge is 2.23. The second kappa shape index (κ2) is 8.23. The van der Waals surface area contributed by atoms with Crippen LogP contribution >= 0.6 is 11.8 Å². The summed E-state index contributed by atoms with van der Waals surface area (Å²) in [7, 11) is 0. The number of hydrogen-bond donors (Lipinski definition) is 2. The van der Waals surface area contributed by atoms with Crippen LogP contribution in [0.15, 0.2) is 47.4 Å². The summed E-state index contributed by atoms with van der Waals surface area (Å²) in [6.45, 7) is 2.05. The zero-order valence-electron chi connectivity index (χ0n) is 14.3. The summed E-state index contributed by atoms with van der Waals surface area (Å²) < 4.78 is 18.5. The van der Waals surface area contributed by atoms with Crippen LogP contribution < -0.4 is 10.6 Å². The zero-order chi connectivity index (χ0) is 18.5. The Morgan fingerprint density at radius 3 is 2.73 bits per heavy atom. The normalized spacial score (nSPS) is 15.7. The fraction of sp³-hybridized carbons (Fsp3) is 0.263. The molecule has 0 saturated heterocycles. The van der Waals surface area contributed by atoms with E-state index in [-0.39, 0.29) is 17.9 Å². The van der Waals surface area contributed by atoms with Crippen molar-refractivity contribution in [1.82, 2.24) is 5.32 Å². The fourth-order valence-corrected chi connectivity index (χ4v) is 3.85. The molecule has 5 nitrogen and oxygen atoms in total. The van der Waals surface area contributed by atoms with Crippen LogP contribution in [-0.2, 0) is 4.74 Å². The lowest BCUT2D eigenvalue weighted by molar-refractivity contribution is 0.0526. The van der Waals surface area contributed by atoms with E-state index in [0.29, 0.717) is 17.9 Å². The second-order valence-electron chi connectivity index (χ2n) is 5.77. The van der Waals surface area contributed by atoms with Gasteiger partial charge in [-0.15, -0.1) is 11.8 Å². The van der Waals surface area contributed by atoms with Gasteiger partial charge in [-0.05, 0) is 61.4 Å². The Morgan fingerprint density at radius 2 is 2.00 bits per heavy atom. The summed E-state index contributed by atoms with van der Waals surface area (Å²) >= 11 is 1.66. The van der Waals surface area contributed by atoms with Gasteiger partial charge in [-0.3, -0.25) is 0 Å². The maximum Gasteiger partial charge on any atom is 0.338 e. The molecule has 26 heavy (non-hydrogen) atoms. The zero-order valence-corrected chi connectivity index (χ0v) is 15.1. The molecule has 0 radical (unpaired) electrons. The molecule has 0 saturated carbocycles. The quantitative estimate of drug-likeness (QED) is 0.781. The van der Waals surface area contributed by atoms with Gasteiger partial charge in [-0.2, -0.15) is 0 Å².